The number of hydrogen-bond acceptors (Lipinski definition) is 1. The second-order valence-electron chi connectivity index (χ2n) is 2.14. The molecule has 0 unspecified atom stereocenters. The number of rotatable bonds is 3. The molecule has 9 heavy (non-hydrogen) atoms. The van der Waals surface area contributed by atoms with Crippen LogP contribution in [0.15, 0.2) is 17.1 Å². The first-order chi connectivity index (χ1) is 4.18. The lowest BCUT2D eigenvalue weighted by molar-refractivity contribution is 0.810. The van der Waals surface area contributed by atoms with Crippen molar-refractivity contribution in [1.82, 2.24) is 0 Å². The van der Waals surface area contributed by atoms with Crippen molar-refractivity contribution in [2.24, 2.45) is 10.9 Å². The lowest BCUT2D eigenvalue weighted by Gasteiger charge is -1.99. The van der Waals surface area contributed by atoms with E-state index in [1.165, 1.54) is 0 Å². The molecule has 0 saturated heterocycles. The van der Waals surface area contributed by atoms with E-state index in [-0.39, 0.29) is 0 Å². The highest BCUT2D eigenvalue weighted by Crippen LogP contribution is 2.01. The maximum absolute atomic E-state index is 6.57. The molecule has 0 heterocycles. The van der Waals surface area contributed by atoms with Crippen molar-refractivity contribution in [1.29, 1.82) is 5.41 Å². The monoisotopic (exact) mass is 124 g/mol. The van der Waals surface area contributed by atoms with Gasteiger partial charge in [0, 0.05) is 6.21 Å². The van der Waals surface area contributed by atoms with Crippen molar-refractivity contribution in [2.75, 3.05) is 0 Å². The quantitative estimate of drug-likeness (QED) is 0.440. The molecular weight excluding hydrogens is 112 g/mol. The molecule has 0 aliphatic heterocycles. The van der Waals surface area contributed by atoms with Gasteiger partial charge in [-0.05, 0) is 11.5 Å². The van der Waals surface area contributed by atoms with E-state index in [9.17, 15) is 0 Å². The molecule has 0 spiro atoms. The van der Waals surface area contributed by atoms with Crippen LogP contribution in [0.25, 0.3) is 0 Å². The second kappa shape index (κ2) is 4.01. The maximum Gasteiger partial charge on any atom is 0.106 e. The van der Waals surface area contributed by atoms with Gasteiger partial charge in [-0.1, -0.05) is 20.4 Å². The van der Waals surface area contributed by atoms with Gasteiger partial charge in [0.2, 0.25) is 0 Å². The van der Waals surface area contributed by atoms with Crippen LogP contribution in [0.1, 0.15) is 13.8 Å². The third-order valence-corrected chi connectivity index (χ3v) is 1.06. The molecular formula is C7H12N2. The van der Waals surface area contributed by atoms with Crippen molar-refractivity contribution in [3.63, 3.8) is 0 Å². The lowest BCUT2D eigenvalue weighted by Crippen LogP contribution is -1.92. The molecule has 0 rings (SSSR count). The maximum atomic E-state index is 6.57. The fourth-order valence-electron chi connectivity index (χ4n) is 0.282. The van der Waals surface area contributed by atoms with Crippen LogP contribution in [0.3, 0.4) is 0 Å². The molecule has 1 N–H and O–H groups in total. The minimum Gasteiger partial charge on any atom is -0.290 e. The summed E-state index contributed by atoms with van der Waals surface area (Å²) >= 11 is 0. The standard InChI is InChI=1S/C7H12N2/c1-6(2)7(3)4-9-5-8/h4-6,8H,3H2,1-2H3/b8-5?,9-4-. The van der Waals surface area contributed by atoms with Gasteiger partial charge in [-0.15, -0.1) is 0 Å². The summed E-state index contributed by atoms with van der Waals surface area (Å²) in [6.45, 7) is 7.82. The van der Waals surface area contributed by atoms with E-state index in [4.69, 9.17) is 5.41 Å². The molecule has 0 aromatic rings. The first-order valence-electron chi connectivity index (χ1n) is 2.89. The average Bonchev–Trinajstić information content (AvgIpc) is 1.82. The van der Waals surface area contributed by atoms with E-state index in [1.54, 1.807) is 6.21 Å². The zero-order valence-electron chi connectivity index (χ0n) is 5.89. The molecule has 0 bridgehead atoms. The molecule has 0 amide bonds. The Balaban J connectivity index is 3.76. The van der Waals surface area contributed by atoms with E-state index >= 15 is 0 Å². The third kappa shape index (κ3) is 3.64. The van der Waals surface area contributed by atoms with E-state index in [1.807, 2.05) is 13.8 Å². The largest absolute Gasteiger partial charge is 0.290 e. The van der Waals surface area contributed by atoms with Gasteiger partial charge < -0.3 is 0 Å². The van der Waals surface area contributed by atoms with E-state index in [2.05, 4.69) is 11.6 Å². The number of nitrogens with one attached hydrogen (secondary N) is 1. The van der Waals surface area contributed by atoms with E-state index < -0.39 is 0 Å². The number of nitrogens with zero attached hydrogens (tertiary/aromatic N) is 1. The summed E-state index contributed by atoms with van der Waals surface area (Å²) in [6.07, 6.45) is 2.62. The molecule has 0 fully saturated rings. The predicted molar refractivity (Wildman–Crippen MR) is 41.3 cm³/mol. The third-order valence-electron chi connectivity index (χ3n) is 1.06. The van der Waals surface area contributed by atoms with Crippen LogP contribution in [-0.4, -0.2) is 12.6 Å². The molecule has 0 atom stereocenters. The number of allylic oxidation sites excluding steroid dienone is 1. The van der Waals surface area contributed by atoms with Crippen molar-refractivity contribution < 1.29 is 0 Å². The Kier molecular flexibility index (Phi) is 3.60. The molecule has 0 radical (unpaired) electrons. The summed E-state index contributed by atoms with van der Waals surface area (Å²) in [5.41, 5.74) is 0.957. The summed E-state index contributed by atoms with van der Waals surface area (Å²) in [7, 11) is 0. The summed E-state index contributed by atoms with van der Waals surface area (Å²) in [5.74, 6) is 0.425. The van der Waals surface area contributed by atoms with Crippen LogP contribution in [0.5, 0.6) is 0 Å². The van der Waals surface area contributed by atoms with Crippen LogP contribution in [0.2, 0.25) is 0 Å². The van der Waals surface area contributed by atoms with Crippen LogP contribution in [0.4, 0.5) is 0 Å². The fourth-order valence-corrected chi connectivity index (χ4v) is 0.282. The Labute approximate surface area is 55.8 Å². The van der Waals surface area contributed by atoms with Crippen molar-refractivity contribution >= 4 is 12.6 Å². The lowest BCUT2D eigenvalue weighted by atomic mass is 10.1. The van der Waals surface area contributed by atoms with E-state index in [0.29, 0.717) is 5.92 Å². The topological polar surface area (TPSA) is 36.2 Å². The highest BCUT2D eigenvalue weighted by Gasteiger charge is 1.93. The molecule has 2 nitrogen and oxygen atoms in total. The molecule has 0 aliphatic rings. The normalized spacial score (nSPS) is 10.6. The van der Waals surface area contributed by atoms with Crippen LogP contribution in [-0.2, 0) is 0 Å². The smallest absolute Gasteiger partial charge is 0.106 e. The van der Waals surface area contributed by atoms with Gasteiger partial charge in [0.25, 0.3) is 0 Å². The van der Waals surface area contributed by atoms with Crippen molar-refractivity contribution in [3.8, 4) is 0 Å². The van der Waals surface area contributed by atoms with Gasteiger partial charge in [0.15, 0.2) is 0 Å². The van der Waals surface area contributed by atoms with Gasteiger partial charge in [-0.3, -0.25) is 5.41 Å². The number of hydrogen-bond donors (Lipinski definition) is 1. The Morgan fingerprint density at radius 3 is 2.56 bits per heavy atom. The Bertz CT molecular complexity index is 134. The molecule has 0 aromatic carbocycles. The summed E-state index contributed by atoms with van der Waals surface area (Å²) in [6, 6.07) is 0. The summed E-state index contributed by atoms with van der Waals surface area (Å²) in [5, 5.41) is 6.57. The summed E-state index contributed by atoms with van der Waals surface area (Å²) < 4.78 is 0. The van der Waals surface area contributed by atoms with Gasteiger partial charge >= 0.3 is 0 Å². The minimum atomic E-state index is 0.425. The summed E-state index contributed by atoms with van der Waals surface area (Å²) in [4.78, 5) is 3.61. The van der Waals surface area contributed by atoms with Gasteiger partial charge in [-0.25, -0.2) is 4.99 Å². The molecule has 0 aliphatic carbocycles. The average molecular weight is 124 g/mol. The molecule has 0 saturated carbocycles. The van der Waals surface area contributed by atoms with Crippen LogP contribution in [0, 0.1) is 11.3 Å². The van der Waals surface area contributed by atoms with Crippen LogP contribution >= 0.6 is 0 Å². The van der Waals surface area contributed by atoms with Gasteiger partial charge in [-0.2, -0.15) is 0 Å². The SMILES string of the molecule is C=C(/C=N\C=N)C(C)C. The van der Waals surface area contributed by atoms with E-state index in [0.717, 1.165) is 11.9 Å². The van der Waals surface area contributed by atoms with Crippen LogP contribution < -0.4 is 0 Å². The minimum absolute atomic E-state index is 0.425. The predicted octanol–water partition coefficient (Wildman–Crippen LogP) is 1.88. The fraction of sp³-hybridized carbons (Fsp3) is 0.429. The highest BCUT2D eigenvalue weighted by atomic mass is 14.7. The van der Waals surface area contributed by atoms with Gasteiger partial charge in [0.05, 0.1) is 0 Å². The van der Waals surface area contributed by atoms with Gasteiger partial charge in [0.1, 0.15) is 6.34 Å². The zero-order valence-corrected chi connectivity index (χ0v) is 5.89. The Hall–Kier alpha value is -0.920. The van der Waals surface area contributed by atoms with Crippen molar-refractivity contribution in [2.45, 2.75) is 13.8 Å². The second-order valence-corrected chi connectivity index (χ2v) is 2.14. The first kappa shape index (κ1) is 8.08. The number of aliphatic imine (C=N–C) groups is 1. The highest BCUT2D eigenvalue weighted by molar-refractivity contribution is 5.83. The molecule has 50 valence electrons. The first-order valence-corrected chi connectivity index (χ1v) is 2.89. The molecule has 0 aromatic heterocycles. The Morgan fingerprint density at radius 2 is 2.22 bits per heavy atom. The molecule has 2 heteroatoms. The van der Waals surface area contributed by atoms with Crippen molar-refractivity contribution in [3.05, 3.63) is 12.2 Å². The zero-order chi connectivity index (χ0) is 7.28. The Morgan fingerprint density at radius 1 is 1.67 bits per heavy atom.